The van der Waals surface area contributed by atoms with Crippen molar-refractivity contribution in [3.63, 3.8) is 0 Å². The number of ether oxygens (including phenoxy) is 1. The van der Waals surface area contributed by atoms with Gasteiger partial charge in [0.25, 0.3) is 0 Å². The SMILES string of the molecule is CCC1(CC)CNCC2(CCC(C)(C)c3ccccc32)O1. The fourth-order valence-corrected chi connectivity index (χ4v) is 4.17. The summed E-state index contributed by atoms with van der Waals surface area (Å²) < 4.78 is 6.86. The first-order valence-electron chi connectivity index (χ1n) is 8.48. The standard InChI is InChI=1S/C19H29NO/c1-5-18(6-2)13-20-14-19(21-18)12-11-17(3,4)15-9-7-8-10-16(15)19/h7-10,20H,5-6,11-14H2,1-4H3. The lowest BCUT2D eigenvalue weighted by molar-refractivity contribution is -0.196. The molecule has 0 radical (unpaired) electrons. The van der Waals surface area contributed by atoms with Crippen LogP contribution >= 0.6 is 0 Å². The van der Waals surface area contributed by atoms with E-state index in [2.05, 4.69) is 57.3 Å². The largest absolute Gasteiger partial charge is 0.361 e. The number of benzene rings is 1. The number of nitrogens with one attached hydrogen (secondary N) is 1. The van der Waals surface area contributed by atoms with E-state index >= 15 is 0 Å². The molecule has 1 atom stereocenters. The van der Waals surface area contributed by atoms with Crippen LogP contribution in [0.1, 0.15) is 64.5 Å². The first kappa shape index (κ1) is 15.1. The molecule has 1 aromatic rings. The lowest BCUT2D eigenvalue weighted by Crippen LogP contribution is -2.60. The Bertz CT molecular complexity index is 518. The molecule has 1 N–H and O–H groups in total. The lowest BCUT2D eigenvalue weighted by atomic mass is 9.66. The molecule has 0 aromatic heterocycles. The van der Waals surface area contributed by atoms with Gasteiger partial charge in [0.15, 0.2) is 0 Å². The Kier molecular flexibility index (Phi) is 3.66. The molecule has 1 aromatic carbocycles. The van der Waals surface area contributed by atoms with Gasteiger partial charge in [-0.3, -0.25) is 0 Å². The second kappa shape index (κ2) is 5.10. The minimum atomic E-state index is -0.129. The Hall–Kier alpha value is -0.860. The average Bonchev–Trinajstić information content (AvgIpc) is 2.52. The quantitative estimate of drug-likeness (QED) is 0.883. The van der Waals surface area contributed by atoms with E-state index in [9.17, 15) is 0 Å². The summed E-state index contributed by atoms with van der Waals surface area (Å²) in [5.41, 5.74) is 3.01. The van der Waals surface area contributed by atoms with Gasteiger partial charge in [0, 0.05) is 13.1 Å². The summed E-state index contributed by atoms with van der Waals surface area (Å²) in [5, 5.41) is 3.68. The molecule has 0 saturated carbocycles. The van der Waals surface area contributed by atoms with Crippen LogP contribution in [0.2, 0.25) is 0 Å². The Morgan fingerprint density at radius 1 is 1.00 bits per heavy atom. The molecule has 1 aliphatic carbocycles. The molecule has 116 valence electrons. The summed E-state index contributed by atoms with van der Waals surface area (Å²) in [4.78, 5) is 0. The van der Waals surface area contributed by atoms with Crippen LogP contribution in [0.3, 0.4) is 0 Å². The van der Waals surface area contributed by atoms with Crippen molar-refractivity contribution in [3.8, 4) is 0 Å². The van der Waals surface area contributed by atoms with Crippen LogP contribution in [-0.2, 0) is 15.8 Å². The van der Waals surface area contributed by atoms with Crippen molar-refractivity contribution >= 4 is 0 Å². The number of rotatable bonds is 2. The van der Waals surface area contributed by atoms with E-state index in [4.69, 9.17) is 4.74 Å². The van der Waals surface area contributed by atoms with Crippen molar-refractivity contribution in [2.24, 2.45) is 0 Å². The van der Waals surface area contributed by atoms with E-state index in [0.29, 0.717) is 0 Å². The zero-order valence-corrected chi connectivity index (χ0v) is 14.0. The summed E-state index contributed by atoms with van der Waals surface area (Å²) in [6.45, 7) is 11.2. The number of morpholine rings is 1. The molecule has 1 unspecified atom stereocenters. The van der Waals surface area contributed by atoms with E-state index < -0.39 is 0 Å². The molecule has 2 aliphatic rings. The van der Waals surface area contributed by atoms with Gasteiger partial charge in [-0.25, -0.2) is 0 Å². The molecule has 0 bridgehead atoms. The van der Waals surface area contributed by atoms with Crippen LogP contribution in [0.4, 0.5) is 0 Å². The Balaban J connectivity index is 2.06. The van der Waals surface area contributed by atoms with Gasteiger partial charge in [-0.1, -0.05) is 52.0 Å². The van der Waals surface area contributed by atoms with Gasteiger partial charge in [0.05, 0.1) is 5.60 Å². The van der Waals surface area contributed by atoms with Gasteiger partial charge < -0.3 is 10.1 Å². The third-order valence-electron chi connectivity index (χ3n) is 5.86. The minimum Gasteiger partial charge on any atom is -0.361 e. The molecule has 1 saturated heterocycles. The number of fused-ring (bicyclic) bond motifs is 2. The van der Waals surface area contributed by atoms with Gasteiger partial charge >= 0.3 is 0 Å². The van der Waals surface area contributed by atoms with Gasteiger partial charge in [0.2, 0.25) is 0 Å². The van der Waals surface area contributed by atoms with Crippen LogP contribution in [0, 0.1) is 0 Å². The predicted molar refractivity (Wildman–Crippen MR) is 87.6 cm³/mol. The number of hydrogen-bond donors (Lipinski definition) is 1. The van der Waals surface area contributed by atoms with Crippen LogP contribution in [0.25, 0.3) is 0 Å². The molecule has 0 amide bonds. The van der Waals surface area contributed by atoms with Crippen molar-refractivity contribution in [1.29, 1.82) is 0 Å². The van der Waals surface area contributed by atoms with E-state index in [1.54, 1.807) is 0 Å². The molecule has 2 heteroatoms. The summed E-state index contributed by atoms with van der Waals surface area (Å²) in [6, 6.07) is 8.93. The maximum atomic E-state index is 6.86. The molecule has 2 nitrogen and oxygen atoms in total. The smallest absolute Gasteiger partial charge is 0.107 e. The highest BCUT2D eigenvalue weighted by molar-refractivity contribution is 5.41. The summed E-state index contributed by atoms with van der Waals surface area (Å²) in [5.74, 6) is 0. The Morgan fingerprint density at radius 2 is 1.67 bits per heavy atom. The van der Waals surface area contributed by atoms with Crippen LogP contribution in [0.5, 0.6) is 0 Å². The molecule has 21 heavy (non-hydrogen) atoms. The molecule has 1 heterocycles. The zero-order valence-electron chi connectivity index (χ0n) is 14.0. The monoisotopic (exact) mass is 287 g/mol. The number of hydrogen-bond acceptors (Lipinski definition) is 2. The van der Waals surface area contributed by atoms with Crippen LogP contribution < -0.4 is 5.32 Å². The van der Waals surface area contributed by atoms with Crippen molar-refractivity contribution < 1.29 is 4.74 Å². The van der Waals surface area contributed by atoms with Crippen LogP contribution in [0.15, 0.2) is 24.3 Å². The maximum Gasteiger partial charge on any atom is 0.107 e. The van der Waals surface area contributed by atoms with Crippen molar-refractivity contribution in [3.05, 3.63) is 35.4 Å². The first-order chi connectivity index (χ1) is 9.97. The van der Waals surface area contributed by atoms with Gasteiger partial charge in [0.1, 0.15) is 5.60 Å². The Labute approximate surface area is 129 Å². The van der Waals surface area contributed by atoms with Gasteiger partial charge in [-0.2, -0.15) is 0 Å². The molecule has 1 fully saturated rings. The van der Waals surface area contributed by atoms with E-state index in [-0.39, 0.29) is 16.6 Å². The molecular weight excluding hydrogens is 258 g/mol. The molecule has 3 rings (SSSR count). The van der Waals surface area contributed by atoms with Crippen molar-refractivity contribution in [2.75, 3.05) is 13.1 Å². The summed E-state index contributed by atoms with van der Waals surface area (Å²) in [6.07, 6.45) is 4.45. The third kappa shape index (κ3) is 2.33. The zero-order chi connectivity index (χ0) is 15.1. The predicted octanol–water partition coefficient (Wildman–Crippen LogP) is 4.13. The first-order valence-corrected chi connectivity index (χ1v) is 8.48. The maximum absolute atomic E-state index is 6.86. The topological polar surface area (TPSA) is 21.3 Å². The van der Waals surface area contributed by atoms with E-state index in [1.807, 2.05) is 0 Å². The van der Waals surface area contributed by atoms with E-state index in [1.165, 1.54) is 17.5 Å². The Morgan fingerprint density at radius 3 is 2.33 bits per heavy atom. The highest BCUT2D eigenvalue weighted by atomic mass is 16.5. The lowest BCUT2D eigenvalue weighted by Gasteiger charge is -2.53. The fraction of sp³-hybridized carbons (Fsp3) is 0.684. The summed E-state index contributed by atoms with van der Waals surface area (Å²) >= 11 is 0. The second-order valence-corrected chi connectivity index (χ2v) is 7.52. The highest BCUT2D eigenvalue weighted by Crippen LogP contribution is 2.49. The molecule has 1 spiro atoms. The molecular formula is C19H29NO. The van der Waals surface area contributed by atoms with E-state index in [0.717, 1.165) is 32.4 Å². The second-order valence-electron chi connectivity index (χ2n) is 7.52. The van der Waals surface area contributed by atoms with Crippen molar-refractivity contribution in [2.45, 2.75) is 70.0 Å². The molecule has 1 aliphatic heterocycles. The van der Waals surface area contributed by atoms with Crippen molar-refractivity contribution in [1.82, 2.24) is 5.32 Å². The summed E-state index contributed by atoms with van der Waals surface area (Å²) in [7, 11) is 0. The highest BCUT2D eigenvalue weighted by Gasteiger charge is 2.49. The fourth-order valence-electron chi connectivity index (χ4n) is 4.17. The van der Waals surface area contributed by atoms with Crippen LogP contribution in [-0.4, -0.2) is 18.7 Å². The minimum absolute atomic E-state index is 0.00710. The third-order valence-corrected chi connectivity index (χ3v) is 5.86. The van der Waals surface area contributed by atoms with Gasteiger partial charge in [-0.15, -0.1) is 0 Å². The van der Waals surface area contributed by atoms with Gasteiger partial charge in [-0.05, 0) is 42.2 Å². The normalized spacial score (nSPS) is 30.1. The average molecular weight is 287 g/mol.